The quantitative estimate of drug-likeness (QED) is 0.495. The Morgan fingerprint density at radius 3 is 2.73 bits per heavy atom. The number of carbonyl (C=O) groups is 1. The van der Waals surface area contributed by atoms with E-state index in [1.165, 1.54) is 12.1 Å². The molecule has 0 aliphatic carbocycles. The van der Waals surface area contributed by atoms with E-state index in [-0.39, 0.29) is 5.88 Å². The summed E-state index contributed by atoms with van der Waals surface area (Å²) in [5, 5.41) is 0. The molecular weight excluding hydrogens is 167 g/mol. The van der Waals surface area contributed by atoms with Crippen molar-refractivity contribution in [3.8, 4) is 0 Å². The van der Waals surface area contributed by atoms with Crippen LogP contribution in [-0.2, 0) is 5.88 Å². The Hall–Kier alpha value is -0.890. The van der Waals surface area contributed by atoms with Gasteiger partial charge in [-0.25, -0.2) is 4.39 Å². The van der Waals surface area contributed by atoms with Gasteiger partial charge in [-0.1, -0.05) is 0 Å². The van der Waals surface area contributed by atoms with Gasteiger partial charge in [0.25, 0.3) is 0 Å². The predicted molar refractivity (Wildman–Crippen MR) is 41.3 cm³/mol. The standard InChI is InChI=1S/C8H6ClFO/c9-4-6-1-7(5-11)3-8(10)2-6/h1-3,5H,4H2. The number of carbonyl (C=O) groups excluding carboxylic acids is 1. The lowest BCUT2D eigenvalue weighted by Crippen LogP contribution is -1.86. The first-order chi connectivity index (χ1) is 5.26. The van der Waals surface area contributed by atoms with E-state index in [0.29, 0.717) is 17.4 Å². The molecule has 0 bridgehead atoms. The summed E-state index contributed by atoms with van der Waals surface area (Å²) in [6.07, 6.45) is 0.596. The van der Waals surface area contributed by atoms with E-state index in [0.717, 1.165) is 0 Å². The number of halogens is 2. The van der Waals surface area contributed by atoms with Gasteiger partial charge in [-0.3, -0.25) is 4.79 Å². The maximum Gasteiger partial charge on any atom is 0.150 e. The highest BCUT2D eigenvalue weighted by molar-refractivity contribution is 6.17. The fraction of sp³-hybridized carbons (Fsp3) is 0.125. The number of rotatable bonds is 2. The van der Waals surface area contributed by atoms with E-state index >= 15 is 0 Å². The molecule has 0 unspecified atom stereocenters. The van der Waals surface area contributed by atoms with Gasteiger partial charge in [-0.2, -0.15) is 0 Å². The molecule has 0 aromatic heterocycles. The molecule has 3 heteroatoms. The van der Waals surface area contributed by atoms with Crippen molar-refractivity contribution in [3.05, 3.63) is 35.1 Å². The first-order valence-corrected chi connectivity index (χ1v) is 3.60. The number of benzene rings is 1. The van der Waals surface area contributed by atoms with Crippen LogP contribution >= 0.6 is 11.6 Å². The molecule has 0 N–H and O–H groups in total. The highest BCUT2D eigenvalue weighted by Gasteiger charge is 1.97. The second-order valence-corrected chi connectivity index (χ2v) is 2.41. The van der Waals surface area contributed by atoms with Crippen LogP contribution in [0.3, 0.4) is 0 Å². The van der Waals surface area contributed by atoms with Gasteiger partial charge in [0.2, 0.25) is 0 Å². The fourth-order valence-corrected chi connectivity index (χ4v) is 0.975. The van der Waals surface area contributed by atoms with Gasteiger partial charge in [0.1, 0.15) is 12.1 Å². The SMILES string of the molecule is O=Cc1cc(F)cc(CCl)c1. The first kappa shape index (κ1) is 8.21. The molecular formula is C8H6ClFO. The smallest absolute Gasteiger partial charge is 0.150 e. The Morgan fingerprint density at radius 1 is 1.45 bits per heavy atom. The van der Waals surface area contributed by atoms with E-state index in [9.17, 15) is 9.18 Å². The highest BCUT2D eigenvalue weighted by atomic mass is 35.5. The van der Waals surface area contributed by atoms with Gasteiger partial charge in [0.05, 0.1) is 0 Å². The minimum atomic E-state index is -0.426. The van der Waals surface area contributed by atoms with Crippen LogP contribution in [-0.4, -0.2) is 6.29 Å². The zero-order valence-electron chi connectivity index (χ0n) is 5.68. The van der Waals surface area contributed by atoms with Crippen LogP contribution in [0, 0.1) is 5.82 Å². The largest absolute Gasteiger partial charge is 0.298 e. The second-order valence-electron chi connectivity index (χ2n) is 2.14. The topological polar surface area (TPSA) is 17.1 Å². The predicted octanol–water partition coefficient (Wildman–Crippen LogP) is 2.38. The lowest BCUT2D eigenvalue weighted by atomic mass is 10.1. The van der Waals surface area contributed by atoms with Gasteiger partial charge < -0.3 is 0 Å². The molecule has 1 nitrogen and oxygen atoms in total. The number of alkyl halides is 1. The van der Waals surface area contributed by atoms with Crippen molar-refractivity contribution in [3.63, 3.8) is 0 Å². The molecule has 11 heavy (non-hydrogen) atoms. The third-order valence-corrected chi connectivity index (χ3v) is 1.58. The van der Waals surface area contributed by atoms with E-state index in [1.54, 1.807) is 6.07 Å². The number of aldehydes is 1. The zero-order valence-corrected chi connectivity index (χ0v) is 6.44. The van der Waals surface area contributed by atoms with E-state index in [4.69, 9.17) is 11.6 Å². The van der Waals surface area contributed by atoms with Gasteiger partial charge in [-0.15, -0.1) is 11.6 Å². The normalized spacial score (nSPS) is 9.64. The van der Waals surface area contributed by atoms with Crippen molar-refractivity contribution in [2.24, 2.45) is 0 Å². The van der Waals surface area contributed by atoms with E-state index < -0.39 is 5.82 Å². The molecule has 0 amide bonds. The minimum Gasteiger partial charge on any atom is -0.298 e. The van der Waals surface area contributed by atoms with Crippen LogP contribution in [0.1, 0.15) is 15.9 Å². The summed E-state index contributed by atoms with van der Waals surface area (Å²) in [7, 11) is 0. The molecule has 0 aliphatic heterocycles. The molecule has 1 aromatic rings. The molecule has 1 rings (SSSR count). The van der Waals surface area contributed by atoms with Crippen molar-refractivity contribution in [1.82, 2.24) is 0 Å². The molecule has 0 atom stereocenters. The van der Waals surface area contributed by atoms with Crippen LogP contribution in [0.25, 0.3) is 0 Å². The third kappa shape index (κ3) is 2.02. The van der Waals surface area contributed by atoms with Crippen LogP contribution in [0.4, 0.5) is 4.39 Å². The average molecular weight is 173 g/mol. The molecule has 0 fully saturated rings. The second kappa shape index (κ2) is 3.49. The molecule has 0 saturated carbocycles. The number of hydrogen-bond acceptors (Lipinski definition) is 1. The minimum absolute atomic E-state index is 0.221. The van der Waals surface area contributed by atoms with Crippen molar-refractivity contribution < 1.29 is 9.18 Å². The summed E-state index contributed by atoms with van der Waals surface area (Å²) in [6.45, 7) is 0. The lowest BCUT2D eigenvalue weighted by Gasteiger charge is -1.96. The molecule has 0 saturated heterocycles. The van der Waals surface area contributed by atoms with Crippen molar-refractivity contribution in [2.45, 2.75) is 5.88 Å². The highest BCUT2D eigenvalue weighted by Crippen LogP contribution is 2.09. The van der Waals surface area contributed by atoms with Crippen molar-refractivity contribution in [2.75, 3.05) is 0 Å². The Bertz CT molecular complexity index is 273. The third-order valence-electron chi connectivity index (χ3n) is 1.27. The zero-order chi connectivity index (χ0) is 8.27. The fourth-order valence-electron chi connectivity index (χ4n) is 0.821. The summed E-state index contributed by atoms with van der Waals surface area (Å²) in [4.78, 5) is 10.2. The molecule has 58 valence electrons. The molecule has 0 aliphatic rings. The maximum absolute atomic E-state index is 12.6. The summed E-state index contributed by atoms with van der Waals surface area (Å²) in [5.41, 5.74) is 0.939. The monoisotopic (exact) mass is 172 g/mol. The average Bonchev–Trinajstić information content (AvgIpc) is 2.03. The Morgan fingerprint density at radius 2 is 2.18 bits per heavy atom. The maximum atomic E-state index is 12.6. The van der Waals surface area contributed by atoms with Gasteiger partial charge >= 0.3 is 0 Å². The first-order valence-electron chi connectivity index (χ1n) is 3.07. The van der Waals surface area contributed by atoms with Crippen LogP contribution in [0.5, 0.6) is 0 Å². The summed E-state index contributed by atoms with van der Waals surface area (Å²) >= 11 is 5.45. The van der Waals surface area contributed by atoms with Crippen molar-refractivity contribution >= 4 is 17.9 Å². The van der Waals surface area contributed by atoms with Crippen molar-refractivity contribution in [1.29, 1.82) is 0 Å². The Labute approximate surface area is 68.8 Å². The summed E-state index contributed by atoms with van der Waals surface area (Å²) < 4.78 is 12.6. The van der Waals surface area contributed by atoms with E-state index in [1.807, 2.05) is 0 Å². The number of hydrogen-bond donors (Lipinski definition) is 0. The molecule has 0 spiro atoms. The van der Waals surface area contributed by atoms with Crippen LogP contribution in [0.2, 0.25) is 0 Å². The Kier molecular flexibility index (Phi) is 2.60. The molecule has 0 radical (unpaired) electrons. The van der Waals surface area contributed by atoms with Gasteiger partial charge in [0.15, 0.2) is 0 Å². The Balaban J connectivity index is 3.11. The lowest BCUT2D eigenvalue weighted by molar-refractivity contribution is 0.112. The summed E-state index contributed by atoms with van der Waals surface area (Å²) in [5.74, 6) is -0.205. The van der Waals surface area contributed by atoms with Gasteiger partial charge in [-0.05, 0) is 23.8 Å². The summed E-state index contributed by atoms with van der Waals surface area (Å²) in [6, 6.07) is 4.03. The molecule has 1 aromatic carbocycles. The van der Waals surface area contributed by atoms with E-state index in [2.05, 4.69) is 0 Å². The van der Waals surface area contributed by atoms with Crippen LogP contribution in [0.15, 0.2) is 18.2 Å². The van der Waals surface area contributed by atoms with Gasteiger partial charge in [0, 0.05) is 11.4 Å². The molecule has 0 heterocycles. The van der Waals surface area contributed by atoms with Crippen LogP contribution < -0.4 is 0 Å².